The Kier molecular flexibility index (Phi) is 6.83. The van der Waals surface area contributed by atoms with Crippen molar-refractivity contribution >= 4 is 34.6 Å². The molecule has 0 bridgehead atoms. The molecule has 24 heavy (non-hydrogen) atoms. The summed E-state index contributed by atoms with van der Waals surface area (Å²) in [5.74, 6) is 0.824. The van der Waals surface area contributed by atoms with Crippen LogP contribution in [0.1, 0.15) is 18.1 Å². The Morgan fingerprint density at radius 3 is 2.38 bits per heavy atom. The standard InChI is InChI=1S/C19H22Cl2N2O/c1-4-24-16-11-9-15(10-12-16)23-19(18(20)21)22-14(3)17-8-6-5-7-13(17)2/h5-12,18-19,22-23H,3-4H2,1-2H3. The van der Waals surface area contributed by atoms with Crippen molar-refractivity contribution in [2.24, 2.45) is 0 Å². The lowest BCUT2D eigenvalue weighted by molar-refractivity contribution is 0.340. The average molecular weight is 365 g/mol. The van der Waals surface area contributed by atoms with Gasteiger partial charge in [0.2, 0.25) is 0 Å². The lowest BCUT2D eigenvalue weighted by Crippen LogP contribution is -2.40. The molecule has 5 heteroatoms. The van der Waals surface area contributed by atoms with E-state index >= 15 is 0 Å². The first-order valence-corrected chi connectivity index (χ1v) is 8.67. The van der Waals surface area contributed by atoms with Crippen LogP contribution in [-0.2, 0) is 0 Å². The van der Waals surface area contributed by atoms with Crippen molar-refractivity contribution in [2.75, 3.05) is 11.9 Å². The summed E-state index contributed by atoms with van der Waals surface area (Å²) < 4.78 is 5.44. The molecule has 0 fully saturated rings. The van der Waals surface area contributed by atoms with E-state index in [9.17, 15) is 0 Å². The predicted octanol–water partition coefficient (Wildman–Crippen LogP) is 5.20. The molecule has 0 amide bonds. The molecule has 128 valence electrons. The monoisotopic (exact) mass is 364 g/mol. The van der Waals surface area contributed by atoms with Crippen LogP contribution in [0.4, 0.5) is 5.69 Å². The molecule has 0 aromatic heterocycles. The number of anilines is 1. The van der Waals surface area contributed by atoms with Crippen LogP contribution >= 0.6 is 23.2 Å². The molecule has 0 aliphatic rings. The summed E-state index contributed by atoms with van der Waals surface area (Å²) in [7, 11) is 0. The number of hydrogen-bond donors (Lipinski definition) is 2. The fraction of sp³-hybridized carbons (Fsp3) is 0.263. The van der Waals surface area contributed by atoms with Gasteiger partial charge in [-0.15, -0.1) is 23.2 Å². The average Bonchev–Trinajstić information content (AvgIpc) is 2.56. The van der Waals surface area contributed by atoms with Crippen LogP contribution in [0.25, 0.3) is 5.70 Å². The van der Waals surface area contributed by atoms with Crippen LogP contribution in [0.5, 0.6) is 5.75 Å². The summed E-state index contributed by atoms with van der Waals surface area (Å²) in [6, 6.07) is 15.7. The maximum absolute atomic E-state index is 6.12. The van der Waals surface area contributed by atoms with Crippen molar-refractivity contribution in [2.45, 2.75) is 24.8 Å². The van der Waals surface area contributed by atoms with Gasteiger partial charge < -0.3 is 15.4 Å². The fourth-order valence-corrected chi connectivity index (χ4v) is 2.58. The van der Waals surface area contributed by atoms with Crippen molar-refractivity contribution in [3.05, 3.63) is 66.2 Å². The molecule has 0 radical (unpaired) electrons. The minimum Gasteiger partial charge on any atom is -0.494 e. The van der Waals surface area contributed by atoms with Crippen LogP contribution in [-0.4, -0.2) is 17.6 Å². The van der Waals surface area contributed by atoms with Crippen molar-refractivity contribution in [1.82, 2.24) is 5.32 Å². The van der Waals surface area contributed by atoms with Gasteiger partial charge in [-0.05, 0) is 49.2 Å². The van der Waals surface area contributed by atoms with Crippen LogP contribution in [0.3, 0.4) is 0 Å². The Morgan fingerprint density at radius 1 is 1.12 bits per heavy atom. The maximum atomic E-state index is 6.12. The van der Waals surface area contributed by atoms with E-state index in [-0.39, 0.29) is 6.17 Å². The summed E-state index contributed by atoms with van der Waals surface area (Å²) in [5, 5.41) is 6.54. The van der Waals surface area contributed by atoms with E-state index in [2.05, 4.69) is 17.2 Å². The van der Waals surface area contributed by atoms with Crippen molar-refractivity contribution in [3.63, 3.8) is 0 Å². The van der Waals surface area contributed by atoms with Crippen LogP contribution in [0, 0.1) is 6.92 Å². The zero-order valence-corrected chi connectivity index (χ0v) is 15.4. The summed E-state index contributed by atoms with van der Waals surface area (Å²) in [6.45, 7) is 8.73. The van der Waals surface area contributed by atoms with Crippen molar-refractivity contribution < 1.29 is 4.74 Å². The highest BCUT2D eigenvalue weighted by molar-refractivity contribution is 6.44. The smallest absolute Gasteiger partial charge is 0.146 e. The number of nitrogens with one attached hydrogen (secondary N) is 2. The Hall–Kier alpha value is -1.84. The molecule has 0 heterocycles. The number of ether oxygens (including phenoxy) is 1. The van der Waals surface area contributed by atoms with E-state index in [1.54, 1.807) is 0 Å². The second-order valence-electron chi connectivity index (χ2n) is 5.35. The summed E-state index contributed by atoms with van der Waals surface area (Å²) in [6.07, 6.45) is -0.376. The van der Waals surface area contributed by atoms with Gasteiger partial charge in [-0.2, -0.15) is 0 Å². The molecular weight excluding hydrogens is 343 g/mol. The zero-order valence-electron chi connectivity index (χ0n) is 13.9. The zero-order chi connectivity index (χ0) is 17.5. The number of rotatable bonds is 8. The lowest BCUT2D eigenvalue weighted by atomic mass is 10.1. The summed E-state index contributed by atoms with van der Waals surface area (Å²) >= 11 is 12.2. The number of benzene rings is 2. The Bertz CT molecular complexity index is 671. The van der Waals surface area contributed by atoms with Gasteiger partial charge in [0, 0.05) is 11.4 Å². The first kappa shape index (κ1) is 18.5. The van der Waals surface area contributed by atoms with Gasteiger partial charge in [0.25, 0.3) is 0 Å². The van der Waals surface area contributed by atoms with E-state index in [1.165, 1.54) is 0 Å². The molecule has 0 saturated heterocycles. The largest absolute Gasteiger partial charge is 0.494 e. The SMILES string of the molecule is C=C(NC(Nc1ccc(OCC)cc1)C(Cl)Cl)c1ccccc1C. The van der Waals surface area contributed by atoms with Crippen LogP contribution < -0.4 is 15.4 Å². The molecule has 1 atom stereocenters. The number of hydrogen-bond acceptors (Lipinski definition) is 3. The second-order valence-corrected chi connectivity index (χ2v) is 6.52. The molecule has 0 saturated carbocycles. The van der Waals surface area contributed by atoms with Gasteiger partial charge in [0.15, 0.2) is 0 Å². The number of alkyl halides is 2. The molecule has 0 aliphatic carbocycles. The highest BCUT2D eigenvalue weighted by Crippen LogP contribution is 2.21. The Morgan fingerprint density at radius 2 is 1.79 bits per heavy atom. The second kappa shape index (κ2) is 8.86. The predicted molar refractivity (Wildman–Crippen MR) is 104 cm³/mol. The molecule has 3 nitrogen and oxygen atoms in total. The number of aryl methyl sites for hydroxylation is 1. The first-order chi connectivity index (χ1) is 11.5. The maximum Gasteiger partial charge on any atom is 0.146 e. The molecule has 2 rings (SSSR count). The fourth-order valence-electron chi connectivity index (χ4n) is 2.33. The van der Waals surface area contributed by atoms with E-state index in [0.717, 1.165) is 28.3 Å². The molecule has 2 aromatic rings. The quantitative estimate of drug-likeness (QED) is 0.499. The summed E-state index contributed by atoms with van der Waals surface area (Å²) in [4.78, 5) is -0.655. The van der Waals surface area contributed by atoms with Gasteiger partial charge in [0.05, 0.1) is 6.61 Å². The minimum absolute atomic E-state index is 0.376. The van der Waals surface area contributed by atoms with Crippen LogP contribution in [0.15, 0.2) is 55.1 Å². The van der Waals surface area contributed by atoms with Gasteiger partial charge >= 0.3 is 0 Å². The first-order valence-electron chi connectivity index (χ1n) is 7.80. The van der Waals surface area contributed by atoms with Gasteiger partial charge in [-0.25, -0.2) is 0 Å². The Labute approximate surface area is 153 Å². The highest BCUT2D eigenvalue weighted by atomic mass is 35.5. The van der Waals surface area contributed by atoms with Crippen molar-refractivity contribution in [3.8, 4) is 5.75 Å². The van der Waals surface area contributed by atoms with E-state index in [4.69, 9.17) is 27.9 Å². The lowest BCUT2D eigenvalue weighted by Gasteiger charge is -2.25. The van der Waals surface area contributed by atoms with Gasteiger partial charge in [-0.3, -0.25) is 0 Å². The van der Waals surface area contributed by atoms with Gasteiger partial charge in [-0.1, -0.05) is 30.8 Å². The molecule has 0 spiro atoms. The molecule has 1 unspecified atom stereocenters. The normalized spacial score (nSPS) is 11.9. The molecule has 0 aliphatic heterocycles. The highest BCUT2D eigenvalue weighted by Gasteiger charge is 2.18. The van der Waals surface area contributed by atoms with E-state index in [0.29, 0.717) is 6.61 Å². The van der Waals surface area contributed by atoms with Crippen LogP contribution in [0.2, 0.25) is 0 Å². The number of halogens is 2. The molecule has 2 aromatic carbocycles. The van der Waals surface area contributed by atoms with Gasteiger partial charge in [0.1, 0.15) is 16.8 Å². The summed E-state index contributed by atoms with van der Waals surface area (Å²) in [5.41, 5.74) is 3.82. The Balaban J connectivity index is 2.06. The minimum atomic E-state index is -0.655. The van der Waals surface area contributed by atoms with E-state index in [1.807, 2.05) is 62.4 Å². The topological polar surface area (TPSA) is 33.3 Å². The third-order valence-electron chi connectivity index (χ3n) is 3.54. The third-order valence-corrected chi connectivity index (χ3v) is 4.04. The molecular formula is C19H22Cl2N2O. The van der Waals surface area contributed by atoms with Crippen molar-refractivity contribution in [1.29, 1.82) is 0 Å². The molecule has 2 N–H and O–H groups in total. The van der Waals surface area contributed by atoms with E-state index < -0.39 is 4.84 Å². The third kappa shape index (κ3) is 5.08.